The highest BCUT2D eigenvalue weighted by Gasteiger charge is 2.22. The Morgan fingerprint density at radius 1 is 1.58 bits per heavy atom. The van der Waals surface area contributed by atoms with Crippen LogP contribution in [0.2, 0.25) is 0 Å². The summed E-state index contributed by atoms with van der Waals surface area (Å²) in [5.41, 5.74) is 1.52. The highest BCUT2D eigenvalue weighted by atomic mass is 15.0. The van der Waals surface area contributed by atoms with Crippen molar-refractivity contribution in [3.8, 4) is 0 Å². The van der Waals surface area contributed by atoms with E-state index in [0.29, 0.717) is 6.04 Å². The van der Waals surface area contributed by atoms with E-state index in [1.54, 1.807) is 0 Å². The normalized spacial score (nSPS) is 29.3. The molecule has 0 saturated heterocycles. The standard InChI is InChI=1S/C10H20N2/c1-5-9-7-11-10(3,4)6-8(2)12-9/h9,11H,5-7H2,1-4H3. The Kier molecular flexibility index (Phi) is 2.89. The number of hydrogen-bond donors (Lipinski definition) is 1. The van der Waals surface area contributed by atoms with Crippen LogP contribution in [-0.4, -0.2) is 23.8 Å². The molecule has 0 aromatic heterocycles. The summed E-state index contributed by atoms with van der Waals surface area (Å²) in [6.45, 7) is 9.84. The summed E-state index contributed by atoms with van der Waals surface area (Å²) in [5, 5.41) is 3.54. The van der Waals surface area contributed by atoms with E-state index in [2.05, 4.69) is 38.0 Å². The Labute approximate surface area is 75.5 Å². The summed E-state index contributed by atoms with van der Waals surface area (Å²) in [7, 11) is 0. The highest BCUT2D eigenvalue weighted by molar-refractivity contribution is 5.83. The van der Waals surface area contributed by atoms with Gasteiger partial charge in [0.05, 0.1) is 6.04 Å². The average molecular weight is 168 g/mol. The number of hydrogen-bond acceptors (Lipinski definition) is 2. The number of nitrogens with zero attached hydrogens (tertiary/aromatic N) is 1. The summed E-state index contributed by atoms with van der Waals surface area (Å²) in [6.07, 6.45) is 2.21. The minimum atomic E-state index is 0.234. The van der Waals surface area contributed by atoms with Crippen LogP contribution in [0.4, 0.5) is 0 Å². The first-order valence-electron chi connectivity index (χ1n) is 4.82. The molecular weight excluding hydrogens is 148 g/mol. The quantitative estimate of drug-likeness (QED) is 0.636. The largest absolute Gasteiger partial charge is 0.309 e. The van der Waals surface area contributed by atoms with Gasteiger partial charge in [-0.25, -0.2) is 0 Å². The number of rotatable bonds is 1. The molecule has 1 aliphatic rings. The van der Waals surface area contributed by atoms with Gasteiger partial charge in [0.1, 0.15) is 0 Å². The van der Waals surface area contributed by atoms with Gasteiger partial charge in [0.15, 0.2) is 0 Å². The van der Waals surface area contributed by atoms with E-state index < -0.39 is 0 Å². The maximum Gasteiger partial charge on any atom is 0.0620 e. The van der Waals surface area contributed by atoms with Gasteiger partial charge >= 0.3 is 0 Å². The van der Waals surface area contributed by atoms with Gasteiger partial charge in [0.25, 0.3) is 0 Å². The zero-order chi connectivity index (χ0) is 9.19. The Morgan fingerprint density at radius 3 is 2.83 bits per heavy atom. The summed E-state index contributed by atoms with van der Waals surface area (Å²) in [6, 6.07) is 0.492. The van der Waals surface area contributed by atoms with E-state index >= 15 is 0 Å². The van der Waals surface area contributed by atoms with Crippen molar-refractivity contribution in [3.63, 3.8) is 0 Å². The minimum Gasteiger partial charge on any atom is -0.309 e. The molecule has 12 heavy (non-hydrogen) atoms. The second kappa shape index (κ2) is 3.56. The average Bonchev–Trinajstić information content (AvgIpc) is 2.07. The first kappa shape index (κ1) is 9.72. The molecule has 1 unspecified atom stereocenters. The zero-order valence-corrected chi connectivity index (χ0v) is 8.65. The van der Waals surface area contributed by atoms with Crippen LogP contribution in [0, 0.1) is 0 Å². The van der Waals surface area contributed by atoms with Crippen LogP contribution in [0.15, 0.2) is 4.99 Å². The molecule has 70 valence electrons. The molecule has 1 rings (SSSR count). The molecule has 0 aromatic rings. The van der Waals surface area contributed by atoms with E-state index in [1.807, 2.05) is 0 Å². The fourth-order valence-electron chi connectivity index (χ4n) is 1.73. The first-order valence-corrected chi connectivity index (χ1v) is 4.82. The van der Waals surface area contributed by atoms with E-state index in [9.17, 15) is 0 Å². The van der Waals surface area contributed by atoms with Crippen LogP contribution in [0.5, 0.6) is 0 Å². The van der Waals surface area contributed by atoms with Gasteiger partial charge in [-0.1, -0.05) is 6.92 Å². The molecule has 0 amide bonds. The van der Waals surface area contributed by atoms with Gasteiger partial charge in [-0.15, -0.1) is 0 Å². The van der Waals surface area contributed by atoms with Crippen LogP contribution in [0.25, 0.3) is 0 Å². The van der Waals surface area contributed by atoms with Crippen molar-refractivity contribution in [2.24, 2.45) is 4.99 Å². The van der Waals surface area contributed by atoms with Crippen molar-refractivity contribution in [3.05, 3.63) is 0 Å². The third-order valence-corrected chi connectivity index (χ3v) is 2.39. The summed E-state index contributed by atoms with van der Waals surface area (Å²) in [4.78, 5) is 4.64. The number of nitrogens with one attached hydrogen (secondary N) is 1. The lowest BCUT2D eigenvalue weighted by atomic mass is 9.98. The van der Waals surface area contributed by atoms with E-state index in [0.717, 1.165) is 19.4 Å². The lowest BCUT2D eigenvalue weighted by Gasteiger charge is -2.24. The fourth-order valence-corrected chi connectivity index (χ4v) is 1.73. The first-order chi connectivity index (χ1) is 5.53. The Balaban J connectivity index is 2.66. The van der Waals surface area contributed by atoms with E-state index in [4.69, 9.17) is 0 Å². The molecule has 0 aromatic carbocycles. The second-order valence-corrected chi connectivity index (χ2v) is 4.37. The summed E-state index contributed by atoms with van der Waals surface area (Å²) in [5.74, 6) is 0. The molecule has 2 nitrogen and oxygen atoms in total. The smallest absolute Gasteiger partial charge is 0.0620 e. The summed E-state index contributed by atoms with van der Waals surface area (Å²) >= 11 is 0. The molecule has 1 N–H and O–H groups in total. The molecule has 0 radical (unpaired) electrons. The molecular formula is C10H20N2. The van der Waals surface area contributed by atoms with Crippen molar-refractivity contribution < 1.29 is 0 Å². The van der Waals surface area contributed by atoms with Crippen molar-refractivity contribution in [2.75, 3.05) is 6.54 Å². The van der Waals surface area contributed by atoms with Gasteiger partial charge in [0.2, 0.25) is 0 Å². The van der Waals surface area contributed by atoms with Gasteiger partial charge < -0.3 is 5.32 Å². The fraction of sp³-hybridized carbons (Fsp3) is 0.900. The molecule has 1 heterocycles. The van der Waals surface area contributed by atoms with Crippen molar-refractivity contribution in [1.82, 2.24) is 5.32 Å². The Hall–Kier alpha value is -0.370. The summed E-state index contributed by atoms with van der Waals surface area (Å²) < 4.78 is 0. The van der Waals surface area contributed by atoms with Gasteiger partial charge in [0, 0.05) is 24.2 Å². The molecule has 1 atom stereocenters. The molecule has 0 aliphatic carbocycles. The topological polar surface area (TPSA) is 24.4 Å². The third kappa shape index (κ3) is 2.59. The molecule has 0 saturated carbocycles. The van der Waals surface area contributed by atoms with E-state index in [1.165, 1.54) is 5.71 Å². The predicted molar refractivity (Wildman–Crippen MR) is 53.9 cm³/mol. The molecule has 0 spiro atoms. The van der Waals surface area contributed by atoms with Gasteiger partial charge in [-0.05, 0) is 27.2 Å². The number of aliphatic imine (C=N–C) groups is 1. The maximum absolute atomic E-state index is 4.64. The predicted octanol–water partition coefficient (Wildman–Crippen LogP) is 2.00. The van der Waals surface area contributed by atoms with E-state index in [-0.39, 0.29) is 5.54 Å². The van der Waals surface area contributed by atoms with Crippen LogP contribution in [0.3, 0.4) is 0 Å². The SMILES string of the molecule is CCC1CNC(C)(C)CC(C)=N1. The van der Waals surface area contributed by atoms with Gasteiger partial charge in [-0.3, -0.25) is 4.99 Å². The monoisotopic (exact) mass is 168 g/mol. The lowest BCUT2D eigenvalue weighted by molar-refractivity contribution is 0.396. The highest BCUT2D eigenvalue weighted by Crippen LogP contribution is 2.14. The molecule has 2 heteroatoms. The molecule has 1 aliphatic heterocycles. The molecule has 0 fully saturated rings. The van der Waals surface area contributed by atoms with Crippen LogP contribution < -0.4 is 5.32 Å². The Morgan fingerprint density at radius 2 is 2.25 bits per heavy atom. The maximum atomic E-state index is 4.64. The van der Waals surface area contributed by atoms with Gasteiger partial charge in [-0.2, -0.15) is 0 Å². The second-order valence-electron chi connectivity index (χ2n) is 4.37. The minimum absolute atomic E-state index is 0.234. The zero-order valence-electron chi connectivity index (χ0n) is 8.65. The van der Waals surface area contributed by atoms with Crippen molar-refractivity contribution in [1.29, 1.82) is 0 Å². The van der Waals surface area contributed by atoms with Crippen molar-refractivity contribution in [2.45, 2.75) is 52.1 Å². The van der Waals surface area contributed by atoms with Crippen LogP contribution >= 0.6 is 0 Å². The van der Waals surface area contributed by atoms with Crippen LogP contribution in [-0.2, 0) is 0 Å². The van der Waals surface area contributed by atoms with Crippen LogP contribution in [0.1, 0.15) is 40.5 Å². The Bertz CT molecular complexity index is 182. The third-order valence-electron chi connectivity index (χ3n) is 2.39. The molecule has 0 bridgehead atoms. The van der Waals surface area contributed by atoms with Crippen molar-refractivity contribution >= 4 is 5.71 Å². The lowest BCUT2D eigenvalue weighted by Crippen LogP contribution is -2.41.